The fourth-order valence-electron chi connectivity index (χ4n) is 3.22. The Morgan fingerprint density at radius 2 is 2.32 bits per heavy atom. The largest absolute Gasteiger partial charge is 0.383 e. The maximum Gasteiger partial charge on any atom is 0.244 e. The third-order valence-corrected chi connectivity index (χ3v) is 5.13. The van der Waals surface area contributed by atoms with Gasteiger partial charge in [-0.25, -0.2) is 0 Å². The highest BCUT2D eigenvalue weighted by molar-refractivity contribution is 7.10. The number of nitrogens with one attached hydrogen (secondary N) is 1. The lowest BCUT2D eigenvalue weighted by Crippen LogP contribution is -2.44. The third-order valence-electron chi connectivity index (χ3n) is 4.20. The maximum absolute atomic E-state index is 12.8. The number of rotatable bonds is 4. The number of hydrogen-bond donors (Lipinski definition) is 1. The lowest BCUT2D eigenvalue weighted by atomic mass is 9.98. The molecule has 5 heteroatoms. The van der Waals surface area contributed by atoms with Crippen LogP contribution in [-0.2, 0) is 9.53 Å². The molecule has 0 aromatic carbocycles. The van der Waals surface area contributed by atoms with Gasteiger partial charge in [-0.15, -0.1) is 11.3 Å². The molecule has 1 spiro atoms. The molecule has 0 radical (unpaired) electrons. The molecule has 2 aliphatic rings. The van der Waals surface area contributed by atoms with E-state index >= 15 is 0 Å². The molecule has 1 aromatic rings. The van der Waals surface area contributed by atoms with Crippen LogP contribution in [0.5, 0.6) is 0 Å². The molecule has 0 bridgehead atoms. The fourth-order valence-corrected chi connectivity index (χ4v) is 4.01. The lowest BCUT2D eigenvalue weighted by molar-refractivity contribution is -0.133. The molecule has 3 rings (SSSR count). The molecule has 1 N–H and O–H groups in total. The molecular weight excluding hydrogens is 260 g/mol. The Labute approximate surface area is 117 Å². The van der Waals surface area contributed by atoms with Gasteiger partial charge >= 0.3 is 0 Å². The quantitative estimate of drug-likeness (QED) is 0.918. The Balaban J connectivity index is 1.86. The normalized spacial score (nSPS) is 25.6. The van der Waals surface area contributed by atoms with E-state index in [2.05, 4.69) is 16.8 Å². The summed E-state index contributed by atoms with van der Waals surface area (Å²) in [6.07, 6.45) is 4.26. The molecule has 1 aliphatic heterocycles. The molecule has 1 atom stereocenters. The molecule has 2 fully saturated rings. The van der Waals surface area contributed by atoms with Gasteiger partial charge in [0.25, 0.3) is 0 Å². The van der Waals surface area contributed by atoms with E-state index in [0.29, 0.717) is 13.2 Å². The number of ether oxygens (including phenoxy) is 1. The minimum absolute atomic E-state index is 0.0285. The second kappa shape index (κ2) is 5.23. The van der Waals surface area contributed by atoms with Crippen LogP contribution in [0.15, 0.2) is 17.5 Å². The van der Waals surface area contributed by atoms with Crippen molar-refractivity contribution in [2.75, 3.05) is 20.3 Å². The summed E-state index contributed by atoms with van der Waals surface area (Å²) in [7, 11) is 1.68. The van der Waals surface area contributed by atoms with Crippen LogP contribution in [0, 0.1) is 0 Å². The predicted octanol–water partition coefficient (Wildman–Crippen LogP) is 2.14. The van der Waals surface area contributed by atoms with Crippen LogP contribution in [0.4, 0.5) is 0 Å². The first kappa shape index (κ1) is 13.1. The van der Waals surface area contributed by atoms with Crippen LogP contribution in [0.3, 0.4) is 0 Å². The van der Waals surface area contributed by atoms with Crippen LogP contribution in [0.2, 0.25) is 0 Å². The van der Waals surface area contributed by atoms with Crippen LogP contribution in [-0.4, -0.2) is 36.6 Å². The van der Waals surface area contributed by atoms with Gasteiger partial charge in [-0.1, -0.05) is 18.9 Å². The lowest BCUT2D eigenvalue weighted by Gasteiger charge is -2.22. The van der Waals surface area contributed by atoms with Crippen LogP contribution < -0.4 is 5.32 Å². The van der Waals surface area contributed by atoms with E-state index in [4.69, 9.17) is 4.74 Å². The van der Waals surface area contributed by atoms with E-state index in [0.717, 1.165) is 25.7 Å². The van der Waals surface area contributed by atoms with Crippen molar-refractivity contribution in [1.29, 1.82) is 0 Å². The molecule has 19 heavy (non-hydrogen) atoms. The first-order chi connectivity index (χ1) is 9.27. The summed E-state index contributed by atoms with van der Waals surface area (Å²) >= 11 is 1.70. The van der Waals surface area contributed by atoms with Crippen LogP contribution in [0.25, 0.3) is 0 Å². The molecule has 1 aliphatic carbocycles. The Kier molecular flexibility index (Phi) is 3.60. The van der Waals surface area contributed by atoms with Gasteiger partial charge in [0.05, 0.1) is 12.1 Å². The molecule has 1 unspecified atom stereocenters. The van der Waals surface area contributed by atoms with Gasteiger partial charge in [0.1, 0.15) is 6.17 Å². The highest BCUT2D eigenvalue weighted by Crippen LogP contribution is 2.41. The molecule has 4 nitrogen and oxygen atoms in total. The highest BCUT2D eigenvalue weighted by Gasteiger charge is 2.52. The molecule has 1 amide bonds. The Morgan fingerprint density at radius 3 is 2.95 bits per heavy atom. The van der Waals surface area contributed by atoms with E-state index in [1.807, 2.05) is 11.0 Å². The average Bonchev–Trinajstić information content (AvgIpc) is 3.13. The number of amides is 1. The smallest absolute Gasteiger partial charge is 0.244 e. The van der Waals surface area contributed by atoms with Gasteiger partial charge in [-0.3, -0.25) is 10.1 Å². The second-order valence-corrected chi connectivity index (χ2v) is 6.32. The zero-order valence-corrected chi connectivity index (χ0v) is 12.0. The van der Waals surface area contributed by atoms with E-state index in [1.165, 1.54) is 4.88 Å². The van der Waals surface area contributed by atoms with Crippen molar-refractivity contribution in [2.24, 2.45) is 0 Å². The number of carbonyl (C=O) groups is 1. The third kappa shape index (κ3) is 2.20. The topological polar surface area (TPSA) is 41.6 Å². The molecule has 104 valence electrons. The zero-order valence-electron chi connectivity index (χ0n) is 11.2. The average molecular weight is 280 g/mol. The number of methoxy groups -OCH3 is 1. The molecule has 1 saturated heterocycles. The minimum Gasteiger partial charge on any atom is -0.383 e. The van der Waals surface area contributed by atoms with Gasteiger partial charge in [0.2, 0.25) is 5.91 Å². The van der Waals surface area contributed by atoms with E-state index in [9.17, 15) is 4.79 Å². The van der Waals surface area contributed by atoms with Crippen molar-refractivity contribution in [3.05, 3.63) is 22.4 Å². The number of hydrogen-bond acceptors (Lipinski definition) is 4. The van der Waals surface area contributed by atoms with Gasteiger partial charge < -0.3 is 9.64 Å². The van der Waals surface area contributed by atoms with Gasteiger partial charge in [-0.2, -0.15) is 0 Å². The van der Waals surface area contributed by atoms with Crippen LogP contribution >= 0.6 is 11.3 Å². The molecule has 1 saturated carbocycles. The van der Waals surface area contributed by atoms with Crippen molar-refractivity contribution in [3.63, 3.8) is 0 Å². The van der Waals surface area contributed by atoms with Gasteiger partial charge in [0.15, 0.2) is 0 Å². The summed E-state index contributed by atoms with van der Waals surface area (Å²) in [6, 6.07) is 4.14. The second-order valence-electron chi connectivity index (χ2n) is 5.34. The van der Waals surface area contributed by atoms with Gasteiger partial charge in [-0.05, 0) is 24.3 Å². The Morgan fingerprint density at radius 1 is 1.53 bits per heavy atom. The Hall–Kier alpha value is -0.910. The molecule has 1 aromatic heterocycles. The number of thiophene rings is 1. The summed E-state index contributed by atoms with van der Waals surface area (Å²) in [6.45, 7) is 1.25. The molecule has 2 heterocycles. The fraction of sp³-hybridized carbons (Fsp3) is 0.643. The van der Waals surface area contributed by atoms with Crippen molar-refractivity contribution >= 4 is 17.2 Å². The summed E-state index contributed by atoms with van der Waals surface area (Å²) in [5.41, 5.74) is -0.303. The maximum atomic E-state index is 12.8. The summed E-state index contributed by atoms with van der Waals surface area (Å²) in [5.74, 6) is 0.264. The monoisotopic (exact) mass is 280 g/mol. The SMILES string of the molecule is COCCN1C(=O)C2(CCCC2)NC1c1cccs1. The zero-order chi connectivity index (χ0) is 13.3. The highest BCUT2D eigenvalue weighted by atomic mass is 32.1. The summed E-state index contributed by atoms with van der Waals surface area (Å²) in [4.78, 5) is 15.9. The van der Waals surface area contributed by atoms with Gasteiger partial charge in [0, 0.05) is 18.5 Å². The number of nitrogens with zero attached hydrogens (tertiary/aromatic N) is 1. The van der Waals surface area contributed by atoms with Crippen molar-refractivity contribution in [2.45, 2.75) is 37.4 Å². The van der Waals surface area contributed by atoms with Crippen molar-refractivity contribution in [3.8, 4) is 0 Å². The first-order valence-electron chi connectivity index (χ1n) is 6.88. The van der Waals surface area contributed by atoms with E-state index < -0.39 is 0 Å². The Bertz CT molecular complexity index is 440. The van der Waals surface area contributed by atoms with Crippen molar-refractivity contribution in [1.82, 2.24) is 10.2 Å². The summed E-state index contributed by atoms with van der Waals surface area (Å²) in [5, 5.41) is 5.67. The minimum atomic E-state index is -0.303. The molecular formula is C14H20N2O2S. The standard InChI is InChI=1S/C14H20N2O2S/c1-18-9-8-16-12(11-5-4-10-19-11)15-14(13(16)17)6-2-3-7-14/h4-5,10,12,15H,2-3,6-9H2,1H3. The van der Waals surface area contributed by atoms with E-state index in [1.54, 1.807) is 18.4 Å². The summed E-state index contributed by atoms with van der Waals surface area (Å²) < 4.78 is 5.15. The first-order valence-corrected chi connectivity index (χ1v) is 7.76. The van der Waals surface area contributed by atoms with E-state index in [-0.39, 0.29) is 17.6 Å². The van der Waals surface area contributed by atoms with Crippen LogP contribution in [0.1, 0.15) is 36.7 Å². The van der Waals surface area contributed by atoms with Crippen molar-refractivity contribution < 1.29 is 9.53 Å². The predicted molar refractivity (Wildman–Crippen MR) is 75.0 cm³/mol. The number of carbonyl (C=O) groups excluding carboxylic acids is 1.